The van der Waals surface area contributed by atoms with Gasteiger partial charge in [-0.15, -0.1) is 11.3 Å². The van der Waals surface area contributed by atoms with Crippen molar-refractivity contribution in [2.75, 3.05) is 18.0 Å². The summed E-state index contributed by atoms with van der Waals surface area (Å²) in [7, 11) is 0. The van der Waals surface area contributed by atoms with Gasteiger partial charge in [0, 0.05) is 24.4 Å². The number of thiophene rings is 1. The van der Waals surface area contributed by atoms with Crippen molar-refractivity contribution >= 4 is 27.4 Å². The van der Waals surface area contributed by atoms with Crippen molar-refractivity contribution in [1.29, 1.82) is 0 Å². The molecule has 1 saturated heterocycles. The Morgan fingerprint density at radius 3 is 2.61 bits per heavy atom. The zero-order chi connectivity index (χ0) is 15.6. The van der Waals surface area contributed by atoms with Gasteiger partial charge in [0.2, 0.25) is 0 Å². The molecule has 0 bridgehead atoms. The largest absolute Gasteiger partial charge is 0.356 e. The van der Waals surface area contributed by atoms with Crippen LogP contribution in [0.1, 0.15) is 35.5 Å². The molecule has 23 heavy (non-hydrogen) atoms. The molecule has 3 heterocycles. The molecule has 2 aromatic heterocycles. The quantitative estimate of drug-likeness (QED) is 0.706. The van der Waals surface area contributed by atoms with Crippen LogP contribution in [0.4, 0.5) is 5.82 Å². The predicted molar refractivity (Wildman–Crippen MR) is 97.5 cm³/mol. The first-order valence-corrected chi connectivity index (χ1v) is 9.17. The molecular formula is C19H21N3S. The second-order valence-electron chi connectivity index (χ2n) is 6.25. The van der Waals surface area contributed by atoms with Gasteiger partial charge in [-0.25, -0.2) is 9.97 Å². The van der Waals surface area contributed by atoms with Gasteiger partial charge in [-0.1, -0.05) is 30.3 Å². The number of aromatic nitrogens is 2. The number of rotatable bonds is 3. The van der Waals surface area contributed by atoms with Crippen LogP contribution in [-0.4, -0.2) is 23.1 Å². The summed E-state index contributed by atoms with van der Waals surface area (Å²) >= 11 is 1.78. The molecule has 0 saturated carbocycles. The summed E-state index contributed by atoms with van der Waals surface area (Å²) in [6.07, 6.45) is 4.67. The molecule has 118 valence electrons. The van der Waals surface area contributed by atoms with Gasteiger partial charge in [-0.2, -0.15) is 0 Å². The predicted octanol–water partition coefficient (Wildman–Crippen LogP) is 4.58. The fourth-order valence-corrected chi connectivity index (χ4v) is 4.17. The molecule has 0 spiro atoms. The molecule has 1 aliphatic heterocycles. The molecule has 3 aromatic rings. The number of aryl methyl sites for hydroxylation is 1. The van der Waals surface area contributed by atoms with Crippen molar-refractivity contribution < 1.29 is 0 Å². The Bertz CT molecular complexity index is 804. The van der Waals surface area contributed by atoms with Crippen molar-refractivity contribution in [3.63, 3.8) is 0 Å². The molecule has 0 aliphatic carbocycles. The van der Waals surface area contributed by atoms with E-state index in [1.165, 1.54) is 35.1 Å². The number of piperidine rings is 1. The number of nitrogens with zero attached hydrogens (tertiary/aromatic N) is 3. The highest BCUT2D eigenvalue weighted by Gasteiger charge is 2.18. The molecule has 0 unspecified atom stereocenters. The average Bonchev–Trinajstić information content (AvgIpc) is 2.96. The van der Waals surface area contributed by atoms with E-state index >= 15 is 0 Å². The normalized spacial score (nSPS) is 15.3. The molecule has 0 amide bonds. The summed E-state index contributed by atoms with van der Waals surface area (Å²) < 4.78 is 0. The fourth-order valence-electron chi connectivity index (χ4n) is 3.27. The van der Waals surface area contributed by atoms with Gasteiger partial charge in [-0.05, 0) is 37.8 Å². The number of hydrogen-bond acceptors (Lipinski definition) is 4. The SMILES string of the molecule is Cc1cc2c(N3CCCCC3)nc(Cc3ccccc3)nc2s1. The fraction of sp³-hybridized carbons (Fsp3) is 0.368. The highest BCUT2D eigenvalue weighted by atomic mass is 32.1. The molecule has 1 aliphatic rings. The minimum Gasteiger partial charge on any atom is -0.356 e. The molecule has 0 N–H and O–H groups in total. The van der Waals surface area contributed by atoms with Gasteiger partial charge in [0.15, 0.2) is 0 Å². The van der Waals surface area contributed by atoms with Crippen molar-refractivity contribution in [2.24, 2.45) is 0 Å². The highest BCUT2D eigenvalue weighted by molar-refractivity contribution is 7.18. The lowest BCUT2D eigenvalue weighted by Gasteiger charge is -2.28. The van der Waals surface area contributed by atoms with Crippen LogP contribution in [0.15, 0.2) is 36.4 Å². The Balaban J connectivity index is 1.76. The van der Waals surface area contributed by atoms with Crippen LogP contribution in [0.3, 0.4) is 0 Å². The van der Waals surface area contributed by atoms with E-state index in [4.69, 9.17) is 9.97 Å². The van der Waals surface area contributed by atoms with E-state index in [1.54, 1.807) is 11.3 Å². The summed E-state index contributed by atoms with van der Waals surface area (Å²) in [5, 5.41) is 1.23. The third kappa shape index (κ3) is 3.08. The summed E-state index contributed by atoms with van der Waals surface area (Å²) in [5.74, 6) is 2.08. The monoisotopic (exact) mass is 323 g/mol. The number of hydrogen-bond donors (Lipinski definition) is 0. The number of fused-ring (bicyclic) bond motifs is 1. The maximum Gasteiger partial charge on any atom is 0.141 e. The maximum absolute atomic E-state index is 4.95. The van der Waals surface area contributed by atoms with Crippen molar-refractivity contribution in [3.8, 4) is 0 Å². The van der Waals surface area contributed by atoms with E-state index in [1.807, 2.05) is 0 Å². The third-order valence-corrected chi connectivity index (χ3v) is 5.35. The topological polar surface area (TPSA) is 29.0 Å². The van der Waals surface area contributed by atoms with Crippen molar-refractivity contribution in [1.82, 2.24) is 9.97 Å². The average molecular weight is 323 g/mol. The van der Waals surface area contributed by atoms with E-state index in [-0.39, 0.29) is 0 Å². The zero-order valence-corrected chi connectivity index (χ0v) is 14.3. The Kier molecular flexibility index (Phi) is 4.00. The second-order valence-corrected chi connectivity index (χ2v) is 7.48. The van der Waals surface area contributed by atoms with Gasteiger partial charge in [0.25, 0.3) is 0 Å². The van der Waals surface area contributed by atoms with Gasteiger partial charge in [0.05, 0.1) is 5.39 Å². The lowest BCUT2D eigenvalue weighted by Crippen LogP contribution is -2.30. The summed E-state index contributed by atoms with van der Waals surface area (Å²) in [4.78, 5) is 14.7. The van der Waals surface area contributed by atoms with E-state index < -0.39 is 0 Å². The Labute approximate surface area is 141 Å². The maximum atomic E-state index is 4.95. The molecule has 4 heteroatoms. The standard InChI is InChI=1S/C19H21N3S/c1-14-12-16-18(22-10-6-3-7-11-22)20-17(21-19(16)23-14)13-15-8-4-2-5-9-15/h2,4-5,8-9,12H,3,6-7,10-11,13H2,1H3. The van der Waals surface area contributed by atoms with Gasteiger partial charge in [0.1, 0.15) is 16.5 Å². The van der Waals surface area contributed by atoms with Crippen molar-refractivity contribution in [3.05, 3.63) is 52.7 Å². The van der Waals surface area contributed by atoms with Crippen LogP contribution in [0, 0.1) is 6.92 Å². The number of anilines is 1. The van der Waals surface area contributed by atoms with E-state index in [2.05, 4.69) is 48.2 Å². The molecule has 0 atom stereocenters. The first-order valence-electron chi connectivity index (χ1n) is 8.35. The Hall–Kier alpha value is -1.94. The van der Waals surface area contributed by atoms with E-state index in [0.717, 1.165) is 36.0 Å². The first-order chi connectivity index (χ1) is 11.3. The highest BCUT2D eigenvalue weighted by Crippen LogP contribution is 2.32. The van der Waals surface area contributed by atoms with Gasteiger partial charge in [-0.3, -0.25) is 0 Å². The van der Waals surface area contributed by atoms with Crippen LogP contribution < -0.4 is 4.90 Å². The lowest BCUT2D eigenvalue weighted by molar-refractivity contribution is 0.574. The van der Waals surface area contributed by atoms with Crippen LogP contribution in [0.25, 0.3) is 10.2 Å². The minimum absolute atomic E-state index is 0.800. The summed E-state index contributed by atoms with van der Waals surface area (Å²) in [6, 6.07) is 12.7. The number of benzene rings is 1. The zero-order valence-electron chi connectivity index (χ0n) is 13.5. The Morgan fingerprint density at radius 1 is 1.04 bits per heavy atom. The third-order valence-electron chi connectivity index (χ3n) is 4.40. The smallest absolute Gasteiger partial charge is 0.141 e. The summed E-state index contributed by atoms with van der Waals surface area (Å²) in [6.45, 7) is 4.39. The summed E-state index contributed by atoms with van der Waals surface area (Å²) in [5.41, 5.74) is 1.27. The molecule has 1 aromatic carbocycles. The second kappa shape index (κ2) is 6.28. The molecule has 4 rings (SSSR count). The van der Waals surface area contributed by atoms with E-state index in [0.29, 0.717) is 0 Å². The van der Waals surface area contributed by atoms with Crippen LogP contribution in [-0.2, 0) is 6.42 Å². The van der Waals surface area contributed by atoms with Crippen LogP contribution in [0.5, 0.6) is 0 Å². The van der Waals surface area contributed by atoms with Gasteiger partial charge >= 0.3 is 0 Å². The van der Waals surface area contributed by atoms with E-state index in [9.17, 15) is 0 Å². The molecule has 3 nitrogen and oxygen atoms in total. The minimum atomic E-state index is 0.800. The van der Waals surface area contributed by atoms with Crippen molar-refractivity contribution in [2.45, 2.75) is 32.6 Å². The first kappa shape index (κ1) is 14.6. The molecular weight excluding hydrogens is 302 g/mol. The van der Waals surface area contributed by atoms with Crippen LogP contribution >= 0.6 is 11.3 Å². The Morgan fingerprint density at radius 2 is 1.83 bits per heavy atom. The van der Waals surface area contributed by atoms with Crippen LogP contribution in [0.2, 0.25) is 0 Å². The molecule has 0 radical (unpaired) electrons. The van der Waals surface area contributed by atoms with Gasteiger partial charge < -0.3 is 4.90 Å². The molecule has 1 fully saturated rings. The lowest BCUT2D eigenvalue weighted by atomic mass is 10.1.